The Morgan fingerprint density at radius 2 is 1.59 bits per heavy atom. The molecule has 0 radical (unpaired) electrons. The van der Waals surface area contributed by atoms with Crippen molar-refractivity contribution in [1.82, 2.24) is 0 Å². The number of anilines is 2. The van der Waals surface area contributed by atoms with E-state index in [1.807, 2.05) is 61.5 Å². The summed E-state index contributed by atoms with van der Waals surface area (Å²) < 4.78 is 10.9. The third-order valence-electron chi connectivity index (χ3n) is 5.31. The molecule has 0 N–H and O–H groups in total. The number of esters is 1. The lowest BCUT2D eigenvalue weighted by molar-refractivity contribution is -0.142. The van der Waals surface area contributed by atoms with Crippen LogP contribution in [0.1, 0.15) is 38.2 Å². The van der Waals surface area contributed by atoms with Crippen molar-refractivity contribution in [2.24, 2.45) is 11.8 Å². The number of hydrogen-bond acceptors (Lipinski definition) is 4. The maximum Gasteiger partial charge on any atom is 0.418 e. The van der Waals surface area contributed by atoms with Crippen LogP contribution in [0.25, 0.3) is 0 Å². The van der Waals surface area contributed by atoms with Crippen molar-refractivity contribution < 1.29 is 19.1 Å². The lowest BCUT2D eigenvalue weighted by atomic mass is 9.82. The molecule has 0 aromatic heterocycles. The molecule has 1 fully saturated rings. The van der Waals surface area contributed by atoms with E-state index in [1.54, 1.807) is 4.90 Å². The molecule has 29 heavy (non-hydrogen) atoms. The number of rotatable bonds is 6. The molecule has 0 heterocycles. The summed E-state index contributed by atoms with van der Waals surface area (Å²) in [5, 5.41) is 0. The lowest BCUT2D eigenvalue weighted by Gasteiger charge is -2.29. The maximum atomic E-state index is 13.0. The fraction of sp³-hybridized carbons (Fsp3) is 0.417. The molecule has 2 aromatic carbocycles. The summed E-state index contributed by atoms with van der Waals surface area (Å²) in [6, 6.07) is 17.4. The third kappa shape index (κ3) is 6.08. The molecular weight excluding hydrogens is 366 g/mol. The molecule has 5 nitrogen and oxygen atoms in total. The van der Waals surface area contributed by atoms with Gasteiger partial charge in [0.15, 0.2) is 0 Å². The zero-order valence-corrected chi connectivity index (χ0v) is 17.2. The van der Waals surface area contributed by atoms with Crippen LogP contribution in [0.2, 0.25) is 0 Å². The van der Waals surface area contributed by atoms with Crippen LogP contribution < -0.4 is 4.90 Å². The van der Waals surface area contributed by atoms with E-state index in [-0.39, 0.29) is 12.1 Å². The van der Waals surface area contributed by atoms with Crippen LogP contribution >= 0.6 is 0 Å². The van der Waals surface area contributed by atoms with Gasteiger partial charge in [0.05, 0.1) is 24.6 Å². The molecule has 0 aliphatic heterocycles. The number of amides is 1. The highest BCUT2D eigenvalue weighted by Gasteiger charge is 2.26. The number of aryl methyl sites for hydroxylation is 1. The Labute approximate surface area is 172 Å². The summed E-state index contributed by atoms with van der Waals surface area (Å²) in [4.78, 5) is 25.7. The first-order valence-corrected chi connectivity index (χ1v) is 10.2. The van der Waals surface area contributed by atoms with E-state index >= 15 is 0 Å². The standard InChI is InChI=1S/C24H29NO4/c1-18-8-6-13-23(14-18)25(22-11-4-3-5-12-22)24(27)29-17-21-10-7-9-20(15-21)16-28-19(2)26/h3-6,8,11-14,20-21H,7,9-10,15-17H2,1-2H3. The van der Waals surface area contributed by atoms with Crippen molar-refractivity contribution in [2.45, 2.75) is 39.5 Å². The first kappa shape index (κ1) is 20.9. The minimum absolute atomic E-state index is 0.241. The molecule has 2 atom stereocenters. The maximum absolute atomic E-state index is 13.0. The van der Waals surface area contributed by atoms with Crippen LogP contribution in [0.3, 0.4) is 0 Å². The van der Waals surface area contributed by atoms with Gasteiger partial charge >= 0.3 is 12.1 Å². The van der Waals surface area contributed by atoms with Gasteiger partial charge in [-0.05, 0) is 67.9 Å². The van der Waals surface area contributed by atoms with Crippen LogP contribution in [-0.2, 0) is 14.3 Å². The van der Waals surface area contributed by atoms with Crippen molar-refractivity contribution in [2.75, 3.05) is 18.1 Å². The summed E-state index contributed by atoms with van der Waals surface area (Å²) in [5.41, 5.74) is 2.65. The predicted molar refractivity (Wildman–Crippen MR) is 113 cm³/mol. The Bertz CT molecular complexity index is 821. The number of hydrogen-bond donors (Lipinski definition) is 0. The van der Waals surface area contributed by atoms with Crippen molar-refractivity contribution in [3.05, 3.63) is 60.2 Å². The molecule has 0 spiro atoms. The summed E-state index contributed by atoms with van der Waals surface area (Å²) in [5.74, 6) is 0.400. The van der Waals surface area contributed by atoms with Crippen LogP contribution in [0.4, 0.5) is 16.2 Å². The molecule has 2 unspecified atom stereocenters. The van der Waals surface area contributed by atoms with Crippen molar-refractivity contribution in [1.29, 1.82) is 0 Å². The zero-order valence-electron chi connectivity index (χ0n) is 17.2. The first-order valence-electron chi connectivity index (χ1n) is 10.2. The highest BCUT2D eigenvalue weighted by Crippen LogP contribution is 2.31. The van der Waals surface area contributed by atoms with Crippen LogP contribution in [0.5, 0.6) is 0 Å². The Balaban J connectivity index is 1.65. The Morgan fingerprint density at radius 3 is 2.24 bits per heavy atom. The molecule has 0 saturated heterocycles. The van der Waals surface area contributed by atoms with Crippen LogP contribution in [0.15, 0.2) is 54.6 Å². The number of benzene rings is 2. The number of nitrogens with zero attached hydrogens (tertiary/aromatic N) is 1. The second kappa shape index (κ2) is 10.1. The van der Waals surface area contributed by atoms with Crippen LogP contribution in [0, 0.1) is 18.8 Å². The molecule has 3 rings (SSSR count). The van der Waals surface area contributed by atoms with Crippen molar-refractivity contribution in [3.8, 4) is 0 Å². The molecule has 5 heteroatoms. The average molecular weight is 395 g/mol. The van der Waals surface area contributed by atoms with Gasteiger partial charge in [-0.15, -0.1) is 0 Å². The Morgan fingerprint density at radius 1 is 0.931 bits per heavy atom. The van der Waals surface area contributed by atoms with Crippen molar-refractivity contribution >= 4 is 23.4 Å². The van der Waals surface area contributed by atoms with Gasteiger partial charge in [0, 0.05) is 6.92 Å². The van der Waals surface area contributed by atoms with Gasteiger partial charge in [0.25, 0.3) is 0 Å². The van der Waals surface area contributed by atoms with Gasteiger partial charge < -0.3 is 9.47 Å². The average Bonchev–Trinajstić information content (AvgIpc) is 2.72. The smallest absolute Gasteiger partial charge is 0.418 e. The Hall–Kier alpha value is -2.82. The number of carbonyl (C=O) groups excluding carboxylic acids is 2. The van der Waals surface area contributed by atoms with E-state index in [1.165, 1.54) is 6.92 Å². The SMILES string of the molecule is CC(=O)OCC1CCCC(COC(=O)N(c2ccccc2)c2cccc(C)c2)C1. The van der Waals surface area contributed by atoms with Gasteiger partial charge in [-0.2, -0.15) is 0 Å². The summed E-state index contributed by atoms with van der Waals surface area (Å²) in [7, 11) is 0. The molecule has 1 amide bonds. The minimum Gasteiger partial charge on any atom is -0.466 e. The van der Waals surface area contributed by atoms with E-state index in [2.05, 4.69) is 0 Å². The molecule has 1 saturated carbocycles. The molecule has 154 valence electrons. The summed E-state index contributed by atoms with van der Waals surface area (Å²) >= 11 is 0. The van der Waals surface area contributed by atoms with E-state index in [4.69, 9.17) is 9.47 Å². The van der Waals surface area contributed by atoms with Gasteiger partial charge in [-0.25, -0.2) is 9.69 Å². The number of carbonyl (C=O) groups is 2. The first-order chi connectivity index (χ1) is 14.0. The quantitative estimate of drug-likeness (QED) is 0.594. The predicted octanol–water partition coefficient (Wildman–Crippen LogP) is 5.64. The fourth-order valence-electron chi connectivity index (χ4n) is 3.90. The number of ether oxygens (including phenoxy) is 2. The van der Waals surface area contributed by atoms with E-state index in [9.17, 15) is 9.59 Å². The van der Waals surface area contributed by atoms with Gasteiger partial charge in [-0.1, -0.05) is 36.8 Å². The van der Waals surface area contributed by atoms with Gasteiger partial charge in [0.2, 0.25) is 0 Å². The Kier molecular flexibility index (Phi) is 7.28. The van der Waals surface area contributed by atoms with Crippen LogP contribution in [-0.4, -0.2) is 25.3 Å². The van der Waals surface area contributed by atoms with Gasteiger partial charge in [0.1, 0.15) is 0 Å². The van der Waals surface area contributed by atoms with Gasteiger partial charge in [-0.3, -0.25) is 4.79 Å². The van der Waals surface area contributed by atoms with E-state index in [0.717, 1.165) is 42.6 Å². The third-order valence-corrected chi connectivity index (χ3v) is 5.31. The summed E-state index contributed by atoms with van der Waals surface area (Å²) in [6.45, 7) is 4.28. The second-order valence-corrected chi connectivity index (χ2v) is 7.79. The zero-order chi connectivity index (χ0) is 20.6. The second-order valence-electron chi connectivity index (χ2n) is 7.79. The molecule has 2 aromatic rings. The number of para-hydroxylation sites is 1. The summed E-state index contributed by atoms with van der Waals surface area (Å²) in [6.07, 6.45) is 3.69. The molecular formula is C24H29NO4. The fourth-order valence-corrected chi connectivity index (χ4v) is 3.90. The molecule has 1 aliphatic rings. The normalized spacial score (nSPS) is 18.7. The monoisotopic (exact) mass is 395 g/mol. The highest BCUT2D eigenvalue weighted by molar-refractivity contribution is 5.96. The molecule has 0 bridgehead atoms. The highest BCUT2D eigenvalue weighted by atomic mass is 16.6. The van der Waals surface area contributed by atoms with E-state index < -0.39 is 0 Å². The topological polar surface area (TPSA) is 55.8 Å². The molecule has 1 aliphatic carbocycles. The minimum atomic E-state index is -0.371. The largest absolute Gasteiger partial charge is 0.466 e. The van der Waals surface area contributed by atoms with E-state index in [0.29, 0.717) is 25.0 Å². The lowest BCUT2D eigenvalue weighted by Crippen LogP contribution is -2.30. The van der Waals surface area contributed by atoms with Crippen molar-refractivity contribution in [3.63, 3.8) is 0 Å².